The fourth-order valence-corrected chi connectivity index (χ4v) is 11.8. The highest BCUT2D eigenvalue weighted by atomic mass is 32.2. The summed E-state index contributed by atoms with van der Waals surface area (Å²) in [6, 6.07) is 0. The molecule has 5 aliphatic rings. The smallest absolute Gasteiger partial charge is 0.189 e. The van der Waals surface area contributed by atoms with Gasteiger partial charge in [-0.2, -0.15) is 0 Å². The lowest BCUT2D eigenvalue weighted by Crippen LogP contribution is -2.50. The highest BCUT2D eigenvalue weighted by Crippen LogP contribution is 2.67. The number of fused-ring (bicyclic) bond motifs is 5. The summed E-state index contributed by atoms with van der Waals surface area (Å²) in [6.45, 7) is 12.7. The van der Waals surface area contributed by atoms with Crippen LogP contribution in [0.5, 0.6) is 0 Å². The number of allylic oxidation sites excluding steroid dienone is 2. The first kappa shape index (κ1) is 28.3. The molecule has 0 radical (unpaired) electrons. The topological polar surface area (TPSA) is 17.1 Å². The van der Waals surface area contributed by atoms with Gasteiger partial charge in [0.25, 0.3) is 0 Å². The van der Waals surface area contributed by atoms with E-state index < -0.39 is 0 Å². The van der Waals surface area contributed by atoms with Crippen LogP contribution < -0.4 is 0 Å². The van der Waals surface area contributed by atoms with Gasteiger partial charge in [0.05, 0.1) is 0 Å². The first-order valence-corrected chi connectivity index (χ1v) is 17.5. The number of rotatable bonds is 8. The zero-order chi connectivity index (χ0) is 26.2. The Hall–Kier alpha value is -0.240. The molecule has 4 saturated carbocycles. The Morgan fingerprint density at radius 1 is 0.946 bits per heavy atom. The molecule has 0 heterocycles. The van der Waals surface area contributed by atoms with Crippen LogP contribution >= 0.6 is 11.8 Å². The number of hydrogen-bond acceptors (Lipinski definition) is 2. The zero-order valence-electron chi connectivity index (χ0n) is 25.0. The van der Waals surface area contributed by atoms with Gasteiger partial charge in [-0.05, 0) is 116 Å². The molecule has 210 valence electrons. The summed E-state index contributed by atoms with van der Waals surface area (Å²) >= 11 is 1.74. The maximum atomic E-state index is 12.9. The lowest BCUT2D eigenvalue weighted by atomic mass is 9.47. The van der Waals surface area contributed by atoms with Crippen LogP contribution in [0.15, 0.2) is 11.6 Å². The van der Waals surface area contributed by atoms with Crippen molar-refractivity contribution >= 4 is 16.9 Å². The molecule has 0 aliphatic heterocycles. The molecule has 0 aromatic heterocycles. The molecule has 8 atom stereocenters. The molecule has 2 heteroatoms. The van der Waals surface area contributed by atoms with Gasteiger partial charge < -0.3 is 0 Å². The van der Waals surface area contributed by atoms with Crippen LogP contribution in [0.25, 0.3) is 0 Å². The summed E-state index contributed by atoms with van der Waals surface area (Å²) in [6.07, 6.45) is 25.5. The average Bonchev–Trinajstić information content (AvgIpc) is 3.22. The minimum absolute atomic E-state index is 0.411. The predicted octanol–water partition coefficient (Wildman–Crippen LogP) is 10.6. The molecule has 0 aromatic rings. The summed E-state index contributed by atoms with van der Waals surface area (Å²) < 4.78 is 0. The van der Waals surface area contributed by atoms with Gasteiger partial charge in [0.2, 0.25) is 0 Å². The van der Waals surface area contributed by atoms with Crippen LogP contribution in [0.3, 0.4) is 0 Å². The molecule has 0 aromatic carbocycles. The molecular weight excluding hydrogens is 468 g/mol. The van der Waals surface area contributed by atoms with Crippen LogP contribution in [-0.4, -0.2) is 10.4 Å². The highest BCUT2D eigenvalue weighted by Gasteiger charge is 2.59. The lowest BCUT2D eigenvalue weighted by molar-refractivity contribution is -0.112. The molecule has 0 spiro atoms. The first-order chi connectivity index (χ1) is 17.7. The number of carbonyl (C=O) groups excluding carboxylic acids is 1. The second-order valence-corrected chi connectivity index (χ2v) is 16.7. The van der Waals surface area contributed by atoms with Gasteiger partial charge in [-0.3, -0.25) is 4.79 Å². The van der Waals surface area contributed by atoms with Crippen LogP contribution in [0.2, 0.25) is 0 Å². The molecule has 5 rings (SSSR count). The maximum absolute atomic E-state index is 12.9. The third-order valence-corrected chi connectivity index (χ3v) is 13.9. The lowest BCUT2D eigenvalue weighted by Gasteiger charge is -2.58. The van der Waals surface area contributed by atoms with Crippen molar-refractivity contribution in [1.82, 2.24) is 0 Å². The van der Waals surface area contributed by atoms with E-state index in [2.05, 4.69) is 40.7 Å². The third kappa shape index (κ3) is 5.81. The van der Waals surface area contributed by atoms with Gasteiger partial charge in [0.1, 0.15) is 0 Å². The van der Waals surface area contributed by atoms with E-state index in [1.807, 2.05) is 0 Å². The van der Waals surface area contributed by atoms with Crippen molar-refractivity contribution in [2.24, 2.45) is 52.3 Å². The Bertz CT molecular complexity index is 823. The van der Waals surface area contributed by atoms with Crippen molar-refractivity contribution in [3.05, 3.63) is 11.6 Å². The minimum Gasteiger partial charge on any atom is -0.287 e. The predicted molar refractivity (Wildman–Crippen MR) is 161 cm³/mol. The second kappa shape index (κ2) is 11.7. The van der Waals surface area contributed by atoms with Crippen molar-refractivity contribution in [2.45, 2.75) is 149 Å². The van der Waals surface area contributed by atoms with E-state index in [9.17, 15) is 4.79 Å². The van der Waals surface area contributed by atoms with Crippen molar-refractivity contribution < 1.29 is 4.79 Å². The molecule has 1 nitrogen and oxygen atoms in total. The van der Waals surface area contributed by atoms with Crippen LogP contribution in [0.1, 0.15) is 144 Å². The van der Waals surface area contributed by atoms with E-state index in [0.717, 1.165) is 41.9 Å². The van der Waals surface area contributed by atoms with Crippen LogP contribution in [0.4, 0.5) is 0 Å². The second-order valence-electron chi connectivity index (χ2n) is 15.4. The van der Waals surface area contributed by atoms with E-state index in [4.69, 9.17) is 0 Å². The SMILES string of the molecule is CC(C)CCCC(C)C1CCC2C3CC=C4CC(SC(=O)CC5CCCCC5)CCC4(C)C3CCC12C. The molecule has 0 amide bonds. The monoisotopic (exact) mass is 526 g/mol. The van der Waals surface area contributed by atoms with Gasteiger partial charge in [-0.1, -0.05) is 96.6 Å². The molecular formula is C35H58OS. The standard InChI is InChI=1S/C35H58OS/c1-24(2)10-9-11-25(3)30-16-17-31-29-15-14-27-23-28(37-33(36)22-26-12-7-6-8-13-26)18-20-34(27,4)32(29)19-21-35(30,31)5/h14,24-26,28-32H,6-13,15-23H2,1-5H3. The van der Waals surface area contributed by atoms with Crippen molar-refractivity contribution in [1.29, 1.82) is 0 Å². The molecule has 37 heavy (non-hydrogen) atoms. The molecule has 0 N–H and O–H groups in total. The van der Waals surface area contributed by atoms with E-state index in [0.29, 0.717) is 27.1 Å². The average molecular weight is 527 g/mol. The molecule has 8 unspecified atom stereocenters. The maximum Gasteiger partial charge on any atom is 0.189 e. The Morgan fingerprint density at radius 3 is 2.49 bits per heavy atom. The molecule has 5 aliphatic carbocycles. The number of carbonyl (C=O) groups is 1. The van der Waals surface area contributed by atoms with E-state index in [1.165, 1.54) is 103 Å². The quantitative estimate of drug-likeness (QED) is 0.293. The van der Waals surface area contributed by atoms with E-state index in [-0.39, 0.29) is 0 Å². The normalized spacial score (nSPS) is 41.0. The van der Waals surface area contributed by atoms with Gasteiger partial charge in [-0.15, -0.1) is 0 Å². The Kier molecular flexibility index (Phi) is 8.95. The summed E-state index contributed by atoms with van der Waals surface area (Å²) in [5, 5.41) is 1.05. The summed E-state index contributed by atoms with van der Waals surface area (Å²) in [4.78, 5) is 12.9. The van der Waals surface area contributed by atoms with E-state index in [1.54, 1.807) is 17.3 Å². The van der Waals surface area contributed by atoms with Gasteiger partial charge in [0.15, 0.2) is 5.12 Å². The summed E-state index contributed by atoms with van der Waals surface area (Å²) in [5.74, 6) is 6.13. The summed E-state index contributed by atoms with van der Waals surface area (Å²) in [5.41, 5.74) is 2.75. The van der Waals surface area contributed by atoms with Crippen LogP contribution in [-0.2, 0) is 4.79 Å². The first-order valence-electron chi connectivity index (χ1n) is 16.6. The number of thioether (sulfide) groups is 1. The fourth-order valence-electron chi connectivity index (χ4n) is 10.6. The minimum atomic E-state index is 0.411. The molecule has 0 bridgehead atoms. The number of hydrogen-bond donors (Lipinski definition) is 0. The van der Waals surface area contributed by atoms with Crippen molar-refractivity contribution in [3.63, 3.8) is 0 Å². The van der Waals surface area contributed by atoms with E-state index >= 15 is 0 Å². The molecule has 0 saturated heterocycles. The van der Waals surface area contributed by atoms with Gasteiger partial charge >= 0.3 is 0 Å². The Labute approximate surface area is 234 Å². The van der Waals surface area contributed by atoms with Crippen molar-refractivity contribution in [2.75, 3.05) is 0 Å². The van der Waals surface area contributed by atoms with Crippen LogP contribution in [0, 0.1) is 52.3 Å². The highest BCUT2D eigenvalue weighted by molar-refractivity contribution is 8.14. The van der Waals surface area contributed by atoms with Gasteiger partial charge in [0, 0.05) is 11.7 Å². The largest absolute Gasteiger partial charge is 0.287 e. The van der Waals surface area contributed by atoms with Crippen molar-refractivity contribution in [3.8, 4) is 0 Å². The van der Waals surface area contributed by atoms with Gasteiger partial charge in [-0.25, -0.2) is 0 Å². The Balaban J connectivity index is 1.20. The fraction of sp³-hybridized carbons (Fsp3) is 0.914. The Morgan fingerprint density at radius 2 is 1.73 bits per heavy atom. The summed E-state index contributed by atoms with van der Waals surface area (Å²) in [7, 11) is 0. The molecule has 4 fully saturated rings. The third-order valence-electron chi connectivity index (χ3n) is 12.7. The zero-order valence-corrected chi connectivity index (χ0v) is 25.8.